The first-order valence-corrected chi connectivity index (χ1v) is 9.33. The molecule has 1 N–H and O–H groups in total. The third-order valence-electron chi connectivity index (χ3n) is 3.14. The number of aromatic nitrogens is 4. The van der Waals surface area contributed by atoms with Crippen LogP contribution in [0.5, 0.6) is 0 Å². The minimum atomic E-state index is -0.135. The van der Waals surface area contributed by atoms with Gasteiger partial charge in [0, 0.05) is 11.1 Å². The van der Waals surface area contributed by atoms with Crippen molar-refractivity contribution in [2.45, 2.75) is 43.2 Å². The quantitative estimate of drug-likeness (QED) is 0.667. The van der Waals surface area contributed by atoms with Crippen LogP contribution in [-0.4, -0.2) is 20.4 Å². The molecular formula is C16H19N5OS2. The summed E-state index contributed by atoms with van der Waals surface area (Å²) in [4.78, 5) is 0. The number of benzene rings is 1. The maximum atomic E-state index is 5.68. The number of hydrogen-bond donors (Lipinski definition) is 1. The molecule has 2 heterocycles. The van der Waals surface area contributed by atoms with E-state index >= 15 is 0 Å². The van der Waals surface area contributed by atoms with Crippen molar-refractivity contribution < 1.29 is 4.42 Å². The van der Waals surface area contributed by atoms with Crippen molar-refractivity contribution in [3.63, 3.8) is 0 Å². The van der Waals surface area contributed by atoms with E-state index in [2.05, 4.69) is 44.8 Å². The van der Waals surface area contributed by atoms with Gasteiger partial charge in [-0.25, -0.2) is 0 Å². The van der Waals surface area contributed by atoms with Gasteiger partial charge < -0.3 is 9.73 Å². The van der Waals surface area contributed by atoms with Crippen molar-refractivity contribution in [1.82, 2.24) is 20.4 Å². The Bertz CT molecular complexity index is 804. The normalized spacial score (nSPS) is 11.7. The molecule has 126 valence electrons. The van der Waals surface area contributed by atoms with Crippen LogP contribution in [0, 0.1) is 6.92 Å². The molecule has 0 radical (unpaired) electrons. The van der Waals surface area contributed by atoms with E-state index in [0.717, 1.165) is 15.2 Å². The fourth-order valence-corrected chi connectivity index (χ4v) is 3.43. The van der Waals surface area contributed by atoms with Crippen molar-refractivity contribution >= 4 is 33.9 Å². The average molecular weight is 361 g/mol. The van der Waals surface area contributed by atoms with E-state index in [0.29, 0.717) is 17.5 Å². The first-order chi connectivity index (χ1) is 11.4. The summed E-state index contributed by atoms with van der Waals surface area (Å²) in [6, 6.07) is 8.16. The molecule has 3 rings (SSSR count). The lowest BCUT2D eigenvalue weighted by molar-refractivity contribution is 0.378. The first kappa shape index (κ1) is 16.9. The average Bonchev–Trinajstić information content (AvgIpc) is 3.16. The molecule has 0 saturated carbocycles. The number of thioether (sulfide) groups is 1. The van der Waals surface area contributed by atoms with Crippen molar-refractivity contribution in [1.29, 1.82) is 0 Å². The second-order valence-corrected chi connectivity index (χ2v) is 8.60. The molecule has 1 aromatic carbocycles. The third kappa shape index (κ3) is 4.33. The maximum absolute atomic E-state index is 5.68. The van der Waals surface area contributed by atoms with E-state index in [1.807, 2.05) is 32.9 Å². The number of aryl methyl sites for hydroxylation is 1. The van der Waals surface area contributed by atoms with Crippen LogP contribution in [0.3, 0.4) is 0 Å². The molecule has 2 aromatic heterocycles. The van der Waals surface area contributed by atoms with Gasteiger partial charge in [0.15, 0.2) is 4.34 Å². The molecule has 0 amide bonds. The number of hydrogen-bond acceptors (Lipinski definition) is 8. The summed E-state index contributed by atoms with van der Waals surface area (Å²) in [5, 5.41) is 20.5. The molecular weight excluding hydrogens is 342 g/mol. The monoisotopic (exact) mass is 361 g/mol. The molecule has 6 nitrogen and oxygen atoms in total. The van der Waals surface area contributed by atoms with Crippen LogP contribution in [-0.2, 0) is 11.2 Å². The smallest absolute Gasteiger partial charge is 0.226 e. The van der Waals surface area contributed by atoms with E-state index < -0.39 is 0 Å². The van der Waals surface area contributed by atoms with Crippen LogP contribution in [0.4, 0.5) is 10.8 Å². The van der Waals surface area contributed by atoms with Crippen LogP contribution in [0.25, 0.3) is 0 Å². The Labute approximate surface area is 149 Å². The van der Waals surface area contributed by atoms with Gasteiger partial charge in [-0.3, -0.25) is 0 Å². The van der Waals surface area contributed by atoms with Gasteiger partial charge in [0.25, 0.3) is 0 Å². The second-order valence-electron chi connectivity index (χ2n) is 6.40. The van der Waals surface area contributed by atoms with Crippen molar-refractivity contribution in [2.75, 3.05) is 5.32 Å². The minimum Gasteiger partial charge on any atom is -0.424 e. The van der Waals surface area contributed by atoms with Crippen LogP contribution >= 0.6 is 23.1 Å². The molecule has 3 aromatic rings. The number of nitrogens with zero attached hydrogens (tertiary/aromatic N) is 4. The first-order valence-electron chi connectivity index (χ1n) is 7.53. The van der Waals surface area contributed by atoms with E-state index in [1.54, 1.807) is 0 Å². The van der Waals surface area contributed by atoms with Gasteiger partial charge in [-0.15, -0.1) is 20.4 Å². The lowest BCUT2D eigenvalue weighted by Crippen LogP contribution is -2.11. The maximum Gasteiger partial charge on any atom is 0.226 e. The molecule has 0 bridgehead atoms. The summed E-state index contributed by atoms with van der Waals surface area (Å²) >= 11 is 3.04. The summed E-state index contributed by atoms with van der Waals surface area (Å²) in [6.07, 6.45) is 0. The van der Waals surface area contributed by atoms with Gasteiger partial charge in [-0.05, 0) is 19.1 Å². The van der Waals surface area contributed by atoms with E-state index in [-0.39, 0.29) is 5.41 Å². The molecule has 0 aliphatic rings. The molecule has 0 atom stereocenters. The number of rotatable bonds is 5. The fourth-order valence-electron chi connectivity index (χ4n) is 1.82. The standard InChI is InChI=1S/C16H19N5OS2/c1-10-5-7-11(8-6-10)17-14-20-21-15(24-14)23-9-12-18-19-13(22-12)16(2,3)4/h5-8H,9H2,1-4H3,(H,17,20). The number of nitrogens with one attached hydrogen (secondary N) is 1. The van der Waals surface area contributed by atoms with Crippen LogP contribution < -0.4 is 5.32 Å². The highest BCUT2D eigenvalue weighted by Gasteiger charge is 2.21. The zero-order valence-corrected chi connectivity index (χ0v) is 15.7. The highest BCUT2D eigenvalue weighted by molar-refractivity contribution is 8.00. The Hall–Kier alpha value is -1.93. The Morgan fingerprint density at radius 3 is 2.50 bits per heavy atom. The molecule has 0 unspecified atom stereocenters. The molecule has 8 heteroatoms. The zero-order valence-electron chi connectivity index (χ0n) is 14.0. The molecule has 0 spiro atoms. The summed E-state index contributed by atoms with van der Waals surface area (Å²) < 4.78 is 6.54. The zero-order chi connectivity index (χ0) is 17.2. The Balaban J connectivity index is 1.58. The lowest BCUT2D eigenvalue weighted by atomic mass is 9.97. The largest absolute Gasteiger partial charge is 0.424 e. The fraction of sp³-hybridized carbons (Fsp3) is 0.375. The van der Waals surface area contributed by atoms with Gasteiger partial charge in [-0.2, -0.15) is 0 Å². The highest BCUT2D eigenvalue weighted by Crippen LogP contribution is 2.30. The van der Waals surface area contributed by atoms with Gasteiger partial charge in [0.05, 0.1) is 5.75 Å². The SMILES string of the molecule is Cc1ccc(Nc2nnc(SCc3nnc(C(C)(C)C)o3)s2)cc1. The summed E-state index contributed by atoms with van der Waals surface area (Å²) in [5.74, 6) is 1.84. The van der Waals surface area contributed by atoms with E-state index in [4.69, 9.17) is 4.42 Å². The summed E-state index contributed by atoms with van der Waals surface area (Å²) in [5.41, 5.74) is 2.09. The lowest BCUT2D eigenvalue weighted by Gasteiger charge is -2.10. The predicted molar refractivity (Wildman–Crippen MR) is 96.9 cm³/mol. The molecule has 0 fully saturated rings. The predicted octanol–water partition coefficient (Wildman–Crippen LogP) is 4.56. The van der Waals surface area contributed by atoms with Crippen molar-refractivity contribution in [3.8, 4) is 0 Å². The van der Waals surface area contributed by atoms with Gasteiger partial charge in [0.2, 0.25) is 16.9 Å². The van der Waals surface area contributed by atoms with E-state index in [9.17, 15) is 0 Å². The molecule has 0 aliphatic carbocycles. The van der Waals surface area contributed by atoms with Crippen molar-refractivity contribution in [2.24, 2.45) is 0 Å². The topological polar surface area (TPSA) is 76.7 Å². The van der Waals surface area contributed by atoms with Crippen LogP contribution in [0.2, 0.25) is 0 Å². The third-order valence-corrected chi connectivity index (χ3v) is 5.09. The minimum absolute atomic E-state index is 0.135. The Morgan fingerprint density at radius 2 is 1.83 bits per heavy atom. The summed E-state index contributed by atoms with van der Waals surface area (Å²) in [6.45, 7) is 8.20. The van der Waals surface area contributed by atoms with Crippen LogP contribution in [0.15, 0.2) is 33.0 Å². The Kier molecular flexibility index (Phi) is 4.86. The molecule has 24 heavy (non-hydrogen) atoms. The Morgan fingerprint density at radius 1 is 1.08 bits per heavy atom. The van der Waals surface area contributed by atoms with Gasteiger partial charge in [-0.1, -0.05) is 61.6 Å². The summed E-state index contributed by atoms with van der Waals surface area (Å²) in [7, 11) is 0. The van der Waals surface area contributed by atoms with Gasteiger partial charge >= 0.3 is 0 Å². The van der Waals surface area contributed by atoms with Crippen molar-refractivity contribution in [3.05, 3.63) is 41.6 Å². The van der Waals surface area contributed by atoms with Gasteiger partial charge in [0.1, 0.15) is 0 Å². The molecule has 0 saturated heterocycles. The highest BCUT2D eigenvalue weighted by atomic mass is 32.2. The van der Waals surface area contributed by atoms with Crippen LogP contribution in [0.1, 0.15) is 38.1 Å². The van der Waals surface area contributed by atoms with E-state index in [1.165, 1.54) is 28.7 Å². The second kappa shape index (κ2) is 6.90. The molecule has 0 aliphatic heterocycles. The number of anilines is 2.